The molecule has 1 unspecified atom stereocenters. The topological polar surface area (TPSA) is 37.8 Å². The van der Waals surface area contributed by atoms with Crippen molar-refractivity contribution in [1.29, 1.82) is 0 Å². The lowest BCUT2D eigenvalue weighted by atomic mass is 9.88. The van der Waals surface area contributed by atoms with Gasteiger partial charge in [0.05, 0.1) is 6.20 Å². The van der Waals surface area contributed by atoms with Gasteiger partial charge in [-0.3, -0.25) is 0 Å². The van der Waals surface area contributed by atoms with Gasteiger partial charge < -0.3 is 5.32 Å². The number of thioether (sulfide) groups is 1. The molecule has 96 valence electrons. The molecule has 0 amide bonds. The predicted octanol–water partition coefficient (Wildman–Crippen LogP) is 3.46. The molecule has 0 bridgehead atoms. The normalized spacial score (nSPS) is 13.5. The van der Waals surface area contributed by atoms with E-state index in [0.29, 0.717) is 0 Å². The lowest BCUT2D eigenvalue weighted by Gasteiger charge is -2.32. The number of hydrogen-bond donors (Lipinski definition) is 1. The minimum atomic E-state index is -0.485. The van der Waals surface area contributed by atoms with Crippen molar-refractivity contribution in [1.82, 2.24) is 9.97 Å². The molecule has 0 aromatic carbocycles. The summed E-state index contributed by atoms with van der Waals surface area (Å²) in [6.07, 6.45) is 3.13. The molecule has 0 aliphatic carbocycles. The van der Waals surface area contributed by atoms with Crippen molar-refractivity contribution >= 4 is 29.2 Å². The maximum absolute atomic E-state index is 13.5. The summed E-state index contributed by atoms with van der Waals surface area (Å²) < 4.78 is 13.5. The fourth-order valence-corrected chi connectivity index (χ4v) is 2.47. The van der Waals surface area contributed by atoms with Crippen LogP contribution in [0.1, 0.15) is 20.8 Å². The summed E-state index contributed by atoms with van der Waals surface area (Å²) in [5.41, 5.74) is 0.0310. The smallest absolute Gasteiger partial charge is 0.224 e. The zero-order valence-corrected chi connectivity index (χ0v) is 12.0. The number of anilines is 1. The zero-order valence-electron chi connectivity index (χ0n) is 10.4. The van der Waals surface area contributed by atoms with Gasteiger partial charge in [0.15, 0.2) is 11.6 Å². The van der Waals surface area contributed by atoms with Gasteiger partial charge in [-0.25, -0.2) is 9.37 Å². The van der Waals surface area contributed by atoms with Gasteiger partial charge in [-0.2, -0.15) is 16.7 Å². The van der Waals surface area contributed by atoms with Crippen LogP contribution < -0.4 is 5.32 Å². The lowest BCUT2D eigenvalue weighted by molar-refractivity contribution is 0.366. The molecule has 1 N–H and O–H groups in total. The second kappa shape index (κ2) is 5.87. The molecule has 0 spiro atoms. The molecular weight excluding hydrogens is 261 g/mol. The number of rotatable bonds is 5. The maximum atomic E-state index is 13.5. The Bertz CT molecular complexity index is 387. The predicted molar refractivity (Wildman–Crippen MR) is 72.2 cm³/mol. The largest absolute Gasteiger partial charge is 0.364 e. The van der Waals surface area contributed by atoms with E-state index in [-0.39, 0.29) is 22.6 Å². The second-order valence-electron chi connectivity index (χ2n) is 4.62. The Hall–Kier alpha value is -0.550. The van der Waals surface area contributed by atoms with Crippen LogP contribution in [0.5, 0.6) is 0 Å². The van der Waals surface area contributed by atoms with Crippen molar-refractivity contribution in [2.45, 2.75) is 26.8 Å². The summed E-state index contributed by atoms with van der Waals surface area (Å²) in [4.78, 5) is 7.43. The molecule has 1 aromatic heterocycles. The van der Waals surface area contributed by atoms with Crippen molar-refractivity contribution in [2.24, 2.45) is 5.41 Å². The zero-order chi connectivity index (χ0) is 13.1. The van der Waals surface area contributed by atoms with E-state index < -0.39 is 5.82 Å². The Kier molecular flexibility index (Phi) is 5.01. The molecule has 0 saturated heterocycles. The quantitative estimate of drug-likeness (QED) is 0.837. The van der Waals surface area contributed by atoms with E-state index in [1.54, 1.807) is 11.8 Å². The molecular formula is C11H17ClFN3S. The van der Waals surface area contributed by atoms with Gasteiger partial charge in [-0.1, -0.05) is 13.8 Å². The Labute approximate surface area is 111 Å². The minimum absolute atomic E-state index is 0.0310. The molecule has 0 radical (unpaired) electrons. The molecule has 6 heteroatoms. The van der Waals surface area contributed by atoms with Crippen LogP contribution in [0.3, 0.4) is 0 Å². The van der Waals surface area contributed by atoms with E-state index in [0.717, 1.165) is 11.9 Å². The molecule has 1 rings (SSSR count). The van der Waals surface area contributed by atoms with Crippen molar-refractivity contribution < 1.29 is 4.39 Å². The van der Waals surface area contributed by atoms with Crippen LogP contribution >= 0.6 is 23.4 Å². The monoisotopic (exact) mass is 277 g/mol. The SMILES string of the molecule is CSCC(C)(C)C(C)Nc1nc(Cl)ncc1F. The first-order valence-corrected chi connectivity index (χ1v) is 7.07. The molecule has 0 aliphatic heterocycles. The average molecular weight is 278 g/mol. The van der Waals surface area contributed by atoms with Crippen LogP contribution in [0, 0.1) is 11.2 Å². The van der Waals surface area contributed by atoms with E-state index in [1.165, 1.54) is 0 Å². The first kappa shape index (κ1) is 14.5. The summed E-state index contributed by atoms with van der Waals surface area (Å²) in [7, 11) is 0. The van der Waals surface area contributed by atoms with E-state index in [4.69, 9.17) is 11.6 Å². The van der Waals surface area contributed by atoms with E-state index in [2.05, 4.69) is 35.4 Å². The van der Waals surface area contributed by atoms with Crippen LogP contribution in [0.2, 0.25) is 5.28 Å². The van der Waals surface area contributed by atoms with Gasteiger partial charge in [-0.15, -0.1) is 0 Å². The highest BCUT2D eigenvalue weighted by Gasteiger charge is 2.26. The van der Waals surface area contributed by atoms with Gasteiger partial charge in [0, 0.05) is 11.8 Å². The van der Waals surface area contributed by atoms with E-state index >= 15 is 0 Å². The third-order valence-electron chi connectivity index (χ3n) is 2.76. The van der Waals surface area contributed by atoms with Crippen molar-refractivity contribution in [2.75, 3.05) is 17.3 Å². The van der Waals surface area contributed by atoms with Crippen LogP contribution in [-0.4, -0.2) is 28.0 Å². The van der Waals surface area contributed by atoms with E-state index in [1.807, 2.05) is 6.92 Å². The van der Waals surface area contributed by atoms with Crippen molar-refractivity contribution in [3.63, 3.8) is 0 Å². The Balaban J connectivity index is 2.80. The second-order valence-corrected chi connectivity index (χ2v) is 5.83. The van der Waals surface area contributed by atoms with Crippen LogP contribution in [0.25, 0.3) is 0 Å². The van der Waals surface area contributed by atoms with Crippen LogP contribution in [-0.2, 0) is 0 Å². The molecule has 1 aromatic rings. The summed E-state index contributed by atoms with van der Waals surface area (Å²) in [6, 6.07) is 0.0791. The highest BCUT2D eigenvalue weighted by atomic mass is 35.5. The van der Waals surface area contributed by atoms with E-state index in [9.17, 15) is 4.39 Å². The third kappa shape index (κ3) is 4.00. The third-order valence-corrected chi connectivity index (χ3v) is 3.97. The standard InChI is InChI=1S/C11H17ClFN3S/c1-7(11(2,3)6-17-4)15-9-8(13)5-14-10(12)16-9/h5,7H,6H2,1-4H3,(H,14,15,16). The average Bonchev–Trinajstić information content (AvgIpc) is 2.23. The van der Waals surface area contributed by atoms with Gasteiger partial charge in [0.25, 0.3) is 0 Å². The van der Waals surface area contributed by atoms with Crippen LogP contribution in [0.15, 0.2) is 6.20 Å². The van der Waals surface area contributed by atoms with Crippen molar-refractivity contribution in [3.05, 3.63) is 17.3 Å². The summed E-state index contributed by atoms with van der Waals surface area (Å²) in [5, 5.41) is 3.10. The van der Waals surface area contributed by atoms with Crippen LogP contribution in [0.4, 0.5) is 10.2 Å². The highest BCUT2D eigenvalue weighted by Crippen LogP contribution is 2.27. The fraction of sp³-hybridized carbons (Fsp3) is 0.636. The molecule has 17 heavy (non-hydrogen) atoms. The minimum Gasteiger partial charge on any atom is -0.364 e. The Morgan fingerprint density at radius 2 is 2.24 bits per heavy atom. The fourth-order valence-electron chi connectivity index (χ4n) is 1.34. The molecule has 0 fully saturated rings. The van der Waals surface area contributed by atoms with Gasteiger partial charge >= 0.3 is 0 Å². The number of nitrogens with zero attached hydrogens (tertiary/aromatic N) is 2. The van der Waals surface area contributed by atoms with Gasteiger partial charge in [0.1, 0.15) is 0 Å². The Morgan fingerprint density at radius 1 is 1.59 bits per heavy atom. The molecule has 1 heterocycles. The number of halogens is 2. The maximum Gasteiger partial charge on any atom is 0.224 e. The highest BCUT2D eigenvalue weighted by molar-refractivity contribution is 7.98. The first-order valence-electron chi connectivity index (χ1n) is 5.30. The first-order chi connectivity index (χ1) is 7.86. The number of nitrogens with one attached hydrogen (secondary N) is 1. The summed E-state index contributed by atoms with van der Waals surface area (Å²) >= 11 is 7.40. The molecule has 3 nitrogen and oxygen atoms in total. The number of aromatic nitrogens is 2. The van der Waals surface area contributed by atoms with Gasteiger partial charge in [0.2, 0.25) is 5.28 Å². The molecule has 0 saturated carbocycles. The molecule has 1 atom stereocenters. The van der Waals surface area contributed by atoms with Gasteiger partial charge in [-0.05, 0) is 30.2 Å². The molecule has 0 aliphatic rings. The Morgan fingerprint density at radius 3 is 2.82 bits per heavy atom. The number of hydrogen-bond acceptors (Lipinski definition) is 4. The van der Waals surface area contributed by atoms with Crippen molar-refractivity contribution in [3.8, 4) is 0 Å². The lowest BCUT2D eigenvalue weighted by Crippen LogP contribution is -2.36. The summed E-state index contributed by atoms with van der Waals surface area (Å²) in [5.74, 6) is 0.648. The summed E-state index contributed by atoms with van der Waals surface area (Å²) in [6.45, 7) is 6.26.